The third-order valence-electron chi connectivity index (χ3n) is 5.60. The maximum absolute atomic E-state index is 13.2. The van der Waals surface area contributed by atoms with Gasteiger partial charge >= 0.3 is 0 Å². The van der Waals surface area contributed by atoms with Gasteiger partial charge in [0, 0.05) is 31.1 Å². The highest BCUT2D eigenvalue weighted by Crippen LogP contribution is 2.33. The SMILES string of the molecule is O=C([C@@H](O)c1ccccc1)N1CCc2c(cnn2S(=O)(=O)c2ccc3c(c2)OCCO3)C1. The normalized spacial score (nSPS) is 16.3. The fourth-order valence-electron chi connectivity index (χ4n) is 3.93. The number of hydrogen-bond acceptors (Lipinski definition) is 7. The van der Waals surface area contributed by atoms with E-state index in [0.717, 1.165) is 4.09 Å². The van der Waals surface area contributed by atoms with Crippen LogP contribution < -0.4 is 9.47 Å². The Balaban J connectivity index is 1.39. The predicted molar refractivity (Wildman–Crippen MR) is 113 cm³/mol. The molecule has 166 valence electrons. The molecule has 5 rings (SSSR count). The molecule has 1 N–H and O–H groups in total. The zero-order valence-corrected chi connectivity index (χ0v) is 17.9. The van der Waals surface area contributed by atoms with E-state index in [-0.39, 0.29) is 18.0 Å². The molecule has 0 radical (unpaired) electrons. The molecule has 2 aliphatic heterocycles. The van der Waals surface area contributed by atoms with E-state index in [1.54, 1.807) is 30.3 Å². The first-order valence-electron chi connectivity index (χ1n) is 10.2. The Kier molecular flexibility index (Phi) is 5.10. The Morgan fingerprint density at radius 1 is 1.06 bits per heavy atom. The van der Waals surface area contributed by atoms with E-state index in [4.69, 9.17) is 9.47 Å². The third-order valence-corrected chi connectivity index (χ3v) is 7.22. The average molecular weight is 455 g/mol. The summed E-state index contributed by atoms with van der Waals surface area (Å²) in [7, 11) is -3.95. The molecule has 3 aromatic rings. The summed E-state index contributed by atoms with van der Waals surface area (Å²) in [5, 5.41) is 14.6. The lowest BCUT2D eigenvalue weighted by molar-refractivity contribution is -0.141. The topological polar surface area (TPSA) is 111 Å². The first kappa shape index (κ1) is 20.5. The fraction of sp³-hybridized carbons (Fsp3) is 0.273. The Morgan fingerprint density at radius 2 is 1.81 bits per heavy atom. The molecular weight excluding hydrogens is 434 g/mol. The van der Waals surface area contributed by atoms with Gasteiger partial charge in [-0.3, -0.25) is 4.79 Å². The second-order valence-electron chi connectivity index (χ2n) is 7.59. The Labute approximate surface area is 184 Å². The number of aliphatic hydroxyl groups is 1. The second kappa shape index (κ2) is 7.95. The predicted octanol–water partition coefficient (Wildman–Crippen LogP) is 1.51. The molecule has 10 heteroatoms. The number of carbonyl (C=O) groups excluding carboxylic acids is 1. The first-order valence-corrected chi connectivity index (χ1v) is 11.6. The van der Waals surface area contributed by atoms with E-state index < -0.39 is 22.0 Å². The minimum Gasteiger partial charge on any atom is -0.486 e. The maximum atomic E-state index is 13.2. The van der Waals surface area contributed by atoms with Crippen molar-refractivity contribution in [1.82, 2.24) is 14.1 Å². The summed E-state index contributed by atoms with van der Waals surface area (Å²) in [6.07, 6.45) is 0.486. The number of aromatic nitrogens is 2. The van der Waals surface area contributed by atoms with Crippen LogP contribution in [-0.2, 0) is 27.8 Å². The van der Waals surface area contributed by atoms with Gasteiger partial charge in [-0.15, -0.1) is 0 Å². The molecule has 0 saturated carbocycles. The number of fused-ring (bicyclic) bond motifs is 2. The van der Waals surface area contributed by atoms with Crippen LogP contribution in [0.25, 0.3) is 0 Å². The average Bonchev–Trinajstić information content (AvgIpc) is 3.27. The van der Waals surface area contributed by atoms with Crippen LogP contribution in [0.1, 0.15) is 22.9 Å². The van der Waals surface area contributed by atoms with Crippen LogP contribution in [0.3, 0.4) is 0 Å². The summed E-state index contributed by atoms with van der Waals surface area (Å²) < 4.78 is 38.5. The Hall–Kier alpha value is -3.37. The molecule has 0 aliphatic carbocycles. The molecule has 0 spiro atoms. The molecule has 2 aliphatic rings. The van der Waals surface area contributed by atoms with Gasteiger partial charge in [-0.2, -0.15) is 17.6 Å². The van der Waals surface area contributed by atoms with Crippen molar-refractivity contribution in [2.75, 3.05) is 19.8 Å². The van der Waals surface area contributed by atoms with Gasteiger partial charge in [-0.1, -0.05) is 30.3 Å². The van der Waals surface area contributed by atoms with Crippen LogP contribution in [0.2, 0.25) is 0 Å². The van der Waals surface area contributed by atoms with Crippen molar-refractivity contribution in [3.8, 4) is 11.5 Å². The van der Waals surface area contributed by atoms with E-state index in [1.165, 1.54) is 23.2 Å². The van der Waals surface area contributed by atoms with Gasteiger partial charge in [0.05, 0.1) is 16.8 Å². The van der Waals surface area contributed by atoms with Crippen LogP contribution in [0.15, 0.2) is 59.6 Å². The molecule has 0 saturated heterocycles. The summed E-state index contributed by atoms with van der Waals surface area (Å²) >= 11 is 0. The van der Waals surface area contributed by atoms with Crippen LogP contribution in [0, 0.1) is 0 Å². The summed E-state index contributed by atoms with van der Waals surface area (Å²) in [6.45, 7) is 1.22. The monoisotopic (exact) mass is 455 g/mol. The van der Waals surface area contributed by atoms with Gasteiger partial charge in [0.2, 0.25) is 0 Å². The number of rotatable bonds is 4. The number of nitrogens with zero attached hydrogens (tertiary/aromatic N) is 3. The summed E-state index contributed by atoms with van der Waals surface area (Å²) in [4.78, 5) is 14.3. The zero-order valence-electron chi connectivity index (χ0n) is 17.0. The van der Waals surface area contributed by atoms with E-state index in [2.05, 4.69) is 5.10 Å². The summed E-state index contributed by atoms with van der Waals surface area (Å²) in [5.74, 6) is 0.457. The molecule has 9 nitrogen and oxygen atoms in total. The van der Waals surface area contributed by atoms with Crippen LogP contribution in [0.4, 0.5) is 0 Å². The van der Waals surface area contributed by atoms with E-state index in [0.29, 0.717) is 48.0 Å². The lowest BCUT2D eigenvalue weighted by Crippen LogP contribution is -2.39. The van der Waals surface area contributed by atoms with Gasteiger partial charge in [0.25, 0.3) is 15.9 Å². The Bertz CT molecular complexity index is 1270. The van der Waals surface area contributed by atoms with Crippen molar-refractivity contribution in [1.29, 1.82) is 0 Å². The molecule has 32 heavy (non-hydrogen) atoms. The maximum Gasteiger partial charge on any atom is 0.283 e. The highest BCUT2D eigenvalue weighted by atomic mass is 32.2. The zero-order chi connectivity index (χ0) is 22.3. The highest BCUT2D eigenvalue weighted by Gasteiger charge is 2.32. The summed E-state index contributed by atoms with van der Waals surface area (Å²) in [5.41, 5.74) is 1.67. The van der Waals surface area contributed by atoms with Gasteiger partial charge in [-0.25, -0.2) is 0 Å². The molecule has 0 bridgehead atoms. The number of amides is 1. The molecule has 0 fully saturated rings. The van der Waals surface area contributed by atoms with Crippen molar-refractivity contribution in [2.24, 2.45) is 0 Å². The molecule has 1 aromatic heterocycles. The molecule has 1 amide bonds. The highest BCUT2D eigenvalue weighted by molar-refractivity contribution is 7.89. The second-order valence-corrected chi connectivity index (χ2v) is 9.36. The molecule has 2 aromatic carbocycles. The van der Waals surface area contributed by atoms with Gasteiger partial charge < -0.3 is 19.5 Å². The van der Waals surface area contributed by atoms with Crippen molar-refractivity contribution in [2.45, 2.75) is 24.0 Å². The third kappa shape index (κ3) is 3.51. The van der Waals surface area contributed by atoms with Crippen LogP contribution in [0.5, 0.6) is 11.5 Å². The number of aliphatic hydroxyl groups excluding tert-OH is 1. The lowest BCUT2D eigenvalue weighted by Gasteiger charge is -2.29. The van der Waals surface area contributed by atoms with Gasteiger partial charge in [0.1, 0.15) is 13.2 Å². The first-order chi connectivity index (χ1) is 15.4. The van der Waals surface area contributed by atoms with Crippen molar-refractivity contribution in [3.05, 3.63) is 71.5 Å². The van der Waals surface area contributed by atoms with Crippen molar-refractivity contribution < 1.29 is 27.8 Å². The number of carbonyl (C=O) groups is 1. The number of benzene rings is 2. The van der Waals surface area contributed by atoms with E-state index in [1.807, 2.05) is 6.07 Å². The number of ether oxygens (including phenoxy) is 2. The van der Waals surface area contributed by atoms with E-state index in [9.17, 15) is 18.3 Å². The molecular formula is C22H21N3O6S. The molecule has 0 unspecified atom stereocenters. The van der Waals surface area contributed by atoms with Gasteiger partial charge in [-0.05, 0) is 17.7 Å². The minimum absolute atomic E-state index is 0.0469. The molecule has 3 heterocycles. The van der Waals surface area contributed by atoms with Crippen molar-refractivity contribution >= 4 is 15.9 Å². The van der Waals surface area contributed by atoms with Crippen molar-refractivity contribution in [3.63, 3.8) is 0 Å². The quantitative estimate of drug-likeness (QED) is 0.635. The minimum atomic E-state index is -3.95. The largest absolute Gasteiger partial charge is 0.486 e. The fourth-order valence-corrected chi connectivity index (χ4v) is 5.30. The van der Waals surface area contributed by atoms with Gasteiger partial charge in [0.15, 0.2) is 17.6 Å². The van der Waals surface area contributed by atoms with Crippen LogP contribution in [-0.4, -0.2) is 53.3 Å². The standard InChI is InChI=1S/C22H21N3O6S/c26-21(15-4-2-1-3-5-15)22(27)24-9-8-18-16(14-24)13-23-25(18)32(28,29)17-6-7-19-20(12-17)31-11-10-30-19/h1-7,12-13,21,26H,8-11,14H2/t21-/m0/s1. The smallest absolute Gasteiger partial charge is 0.283 e. The van der Waals surface area contributed by atoms with E-state index >= 15 is 0 Å². The Morgan fingerprint density at radius 3 is 2.59 bits per heavy atom. The summed E-state index contributed by atoms with van der Waals surface area (Å²) in [6, 6.07) is 13.2. The molecule has 1 atom stereocenters. The number of hydrogen-bond donors (Lipinski definition) is 1. The lowest BCUT2D eigenvalue weighted by atomic mass is 10.0. The van der Waals surface area contributed by atoms with Crippen LogP contribution >= 0.6 is 0 Å².